The maximum atomic E-state index is 6.18. The Hall–Kier alpha value is -3.35. The number of aryl methyl sites for hydroxylation is 1. The molecule has 3 heterocycles. The monoisotopic (exact) mass is 488 g/mol. The number of benzene rings is 2. The Bertz CT molecular complexity index is 1320. The molecule has 0 aliphatic carbocycles. The number of aromatic nitrogens is 2. The molecular weight excluding hydrogens is 464 g/mol. The summed E-state index contributed by atoms with van der Waals surface area (Å²) in [5.74, 6) is 0.834. The second kappa shape index (κ2) is 9.12. The molecule has 0 spiro atoms. The lowest BCUT2D eigenvalue weighted by Crippen LogP contribution is -2.29. The van der Waals surface area contributed by atoms with Crippen LogP contribution < -0.4 is 15.0 Å². The zero-order chi connectivity index (χ0) is 23.8. The van der Waals surface area contributed by atoms with Gasteiger partial charge >= 0.3 is 0 Å². The molecule has 0 unspecified atom stereocenters. The average Bonchev–Trinajstić information content (AvgIpc) is 3.35. The van der Waals surface area contributed by atoms with Crippen molar-refractivity contribution in [2.75, 3.05) is 12.0 Å². The minimum absolute atomic E-state index is 0.0817. The topological polar surface area (TPSA) is 42.3 Å². The van der Waals surface area contributed by atoms with Crippen LogP contribution in [0.5, 0.6) is 5.75 Å². The van der Waals surface area contributed by atoms with Crippen molar-refractivity contribution >= 4 is 34.6 Å². The molecule has 34 heavy (non-hydrogen) atoms. The van der Waals surface area contributed by atoms with Gasteiger partial charge in [0.15, 0.2) is 5.11 Å². The summed E-state index contributed by atoms with van der Waals surface area (Å²) in [5, 5.41) is 4.88. The molecule has 2 atom stereocenters. The van der Waals surface area contributed by atoms with Crippen molar-refractivity contribution in [3.8, 4) is 11.4 Å². The summed E-state index contributed by atoms with van der Waals surface area (Å²) in [6.45, 7) is 4.29. The van der Waals surface area contributed by atoms with E-state index in [2.05, 4.69) is 51.8 Å². The highest BCUT2D eigenvalue weighted by Crippen LogP contribution is 2.43. The lowest BCUT2D eigenvalue weighted by atomic mass is 9.96. The zero-order valence-corrected chi connectivity index (χ0v) is 20.8. The molecule has 0 saturated carbocycles. The maximum absolute atomic E-state index is 6.18. The molecule has 5 nitrogen and oxygen atoms in total. The van der Waals surface area contributed by atoms with Crippen LogP contribution in [0.25, 0.3) is 5.69 Å². The van der Waals surface area contributed by atoms with Crippen LogP contribution in [0.2, 0.25) is 5.02 Å². The van der Waals surface area contributed by atoms with E-state index in [-0.39, 0.29) is 12.1 Å². The fourth-order valence-corrected chi connectivity index (χ4v) is 5.24. The quantitative estimate of drug-likeness (QED) is 0.332. The molecule has 4 aromatic rings. The summed E-state index contributed by atoms with van der Waals surface area (Å²) in [6.07, 6.45) is 1.82. The fraction of sp³-hybridized carbons (Fsp3) is 0.185. The Labute approximate surface area is 210 Å². The Morgan fingerprint density at radius 1 is 0.971 bits per heavy atom. The number of nitrogens with zero attached hydrogens (tertiary/aromatic N) is 3. The van der Waals surface area contributed by atoms with E-state index >= 15 is 0 Å². The number of methoxy groups -OCH3 is 1. The van der Waals surface area contributed by atoms with E-state index in [4.69, 9.17) is 28.6 Å². The first-order chi connectivity index (χ1) is 16.5. The number of ether oxygens (including phenoxy) is 1. The number of halogens is 1. The summed E-state index contributed by atoms with van der Waals surface area (Å²) in [7, 11) is 1.68. The third-order valence-corrected chi connectivity index (χ3v) is 6.89. The van der Waals surface area contributed by atoms with E-state index in [1.54, 1.807) is 7.11 Å². The molecule has 2 aromatic carbocycles. The SMILES string of the molecule is COc1ccc(-n2c(C)cc([C@@H]3[C@H](c4ccccn4)NC(=S)N3c3ccc(Cl)cc3)c2C)cc1. The van der Waals surface area contributed by atoms with Gasteiger partial charge in [-0.25, -0.2) is 0 Å². The van der Waals surface area contributed by atoms with Crippen molar-refractivity contribution in [1.29, 1.82) is 0 Å². The number of thiocarbonyl (C=S) groups is 1. The molecule has 0 radical (unpaired) electrons. The van der Waals surface area contributed by atoms with Crippen LogP contribution in [-0.4, -0.2) is 21.8 Å². The van der Waals surface area contributed by atoms with Crippen LogP contribution >= 0.6 is 23.8 Å². The minimum atomic E-state index is -0.103. The first-order valence-electron chi connectivity index (χ1n) is 11.1. The van der Waals surface area contributed by atoms with E-state index < -0.39 is 0 Å². The van der Waals surface area contributed by atoms with Gasteiger partial charge in [0.05, 0.1) is 24.9 Å². The van der Waals surface area contributed by atoms with Crippen LogP contribution in [0.3, 0.4) is 0 Å². The number of anilines is 1. The number of pyridine rings is 1. The van der Waals surface area contributed by atoms with Crippen molar-refractivity contribution in [3.05, 3.63) is 107 Å². The second-order valence-electron chi connectivity index (χ2n) is 8.33. The van der Waals surface area contributed by atoms with Gasteiger partial charge in [-0.05, 0) is 98.4 Å². The van der Waals surface area contributed by atoms with Gasteiger partial charge < -0.3 is 19.5 Å². The van der Waals surface area contributed by atoms with Crippen LogP contribution in [0.15, 0.2) is 79.0 Å². The molecule has 2 aromatic heterocycles. The van der Waals surface area contributed by atoms with Gasteiger partial charge in [-0.3, -0.25) is 4.98 Å². The van der Waals surface area contributed by atoms with Crippen molar-refractivity contribution in [2.24, 2.45) is 0 Å². The minimum Gasteiger partial charge on any atom is -0.497 e. The van der Waals surface area contributed by atoms with Crippen LogP contribution in [0, 0.1) is 13.8 Å². The molecule has 0 amide bonds. The highest BCUT2D eigenvalue weighted by atomic mass is 35.5. The van der Waals surface area contributed by atoms with Gasteiger partial charge in [-0.1, -0.05) is 17.7 Å². The third-order valence-electron chi connectivity index (χ3n) is 6.32. The standard InChI is InChI=1S/C27H25ClN4OS/c1-17-16-23(18(2)31(17)20-11-13-22(33-3)14-12-20)26-25(24-6-4-5-15-29-24)30-27(34)32(26)21-9-7-19(28)8-10-21/h4-16,25-26H,1-3H3,(H,30,34)/t25-,26+/m0/s1. The smallest absolute Gasteiger partial charge is 0.174 e. The molecule has 1 aliphatic heterocycles. The van der Waals surface area contributed by atoms with Crippen molar-refractivity contribution in [1.82, 2.24) is 14.9 Å². The van der Waals surface area contributed by atoms with Gasteiger partial charge in [-0.2, -0.15) is 0 Å². The molecule has 172 valence electrons. The molecule has 1 fully saturated rings. The van der Waals surface area contributed by atoms with Gasteiger partial charge in [0.2, 0.25) is 0 Å². The molecule has 0 bridgehead atoms. The summed E-state index contributed by atoms with van der Waals surface area (Å²) in [4.78, 5) is 6.83. The molecular formula is C27H25ClN4OS. The predicted octanol–water partition coefficient (Wildman–Crippen LogP) is 6.33. The molecule has 7 heteroatoms. The Morgan fingerprint density at radius 3 is 2.32 bits per heavy atom. The molecule has 1 aliphatic rings. The highest BCUT2D eigenvalue weighted by Gasteiger charge is 2.42. The van der Waals surface area contributed by atoms with Gasteiger partial charge in [0, 0.05) is 34.0 Å². The van der Waals surface area contributed by atoms with Crippen LogP contribution in [0.1, 0.15) is 34.7 Å². The number of nitrogens with one attached hydrogen (secondary N) is 1. The second-order valence-corrected chi connectivity index (χ2v) is 9.16. The Morgan fingerprint density at radius 2 is 1.68 bits per heavy atom. The number of hydrogen-bond acceptors (Lipinski definition) is 3. The maximum Gasteiger partial charge on any atom is 0.174 e. The van der Waals surface area contributed by atoms with Gasteiger partial charge in [0.1, 0.15) is 5.75 Å². The fourth-order valence-electron chi connectivity index (χ4n) is 4.77. The van der Waals surface area contributed by atoms with Gasteiger partial charge in [0.25, 0.3) is 0 Å². The van der Waals surface area contributed by atoms with E-state index in [0.29, 0.717) is 10.1 Å². The normalized spacial score (nSPS) is 17.6. The molecule has 1 saturated heterocycles. The Balaban J connectivity index is 1.65. The molecule has 1 N–H and O–H groups in total. The predicted molar refractivity (Wildman–Crippen MR) is 141 cm³/mol. The first kappa shape index (κ1) is 22.4. The van der Waals surface area contributed by atoms with E-state index in [0.717, 1.165) is 34.2 Å². The van der Waals surface area contributed by atoms with Crippen LogP contribution in [-0.2, 0) is 0 Å². The summed E-state index contributed by atoms with van der Waals surface area (Å²) in [5.41, 5.74) is 6.50. The third kappa shape index (κ3) is 3.93. The number of rotatable bonds is 5. The highest BCUT2D eigenvalue weighted by molar-refractivity contribution is 7.80. The van der Waals surface area contributed by atoms with Gasteiger partial charge in [-0.15, -0.1) is 0 Å². The van der Waals surface area contributed by atoms with Crippen molar-refractivity contribution in [3.63, 3.8) is 0 Å². The zero-order valence-electron chi connectivity index (χ0n) is 19.2. The first-order valence-corrected chi connectivity index (χ1v) is 11.9. The summed E-state index contributed by atoms with van der Waals surface area (Å²) < 4.78 is 7.61. The van der Waals surface area contributed by atoms with E-state index in [9.17, 15) is 0 Å². The average molecular weight is 489 g/mol. The lowest BCUT2D eigenvalue weighted by Gasteiger charge is -2.28. The van der Waals surface area contributed by atoms with Crippen LogP contribution in [0.4, 0.5) is 5.69 Å². The van der Waals surface area contributed by atoms with E-state index in [1.165, 1.54) is 5.56 Å². The lowest BCUT2D eigenvalue weighted by molar-refractivity contribution is 0.414. The molecule has 5 rings (SSSR count). The van der Waals surface area contributed by atoms with E-state index in [1.807, 2.05) is 60.8 Å². The number of hydrogen-bond donors (Lipinski definition) is 1. The Kier molecular flexibility index (Phi) is 6.02. The summed E-state index contributed by atoms with van der Waals surface area (Å²) >= 11 is 12.0. The van der Waals surface area contributed by atoms with Crippen molar-refractivity contribution < 1.29 is 4.74 Å². The summed E-state index contributed by atoms with van der Waals surface area (Å²) in [6, 6.07) is 24.0. The largest absolute Gasteiger partial charge is 0.497 e. The van der Waals surface area contributed by atoms with Crippen molar-refractivity contribution in [2.45, 2.75) is 25.9 Å².